The molecule has 1 aliphatic rings. The number of hydrogen-bond acceptors (Lipinski definition) is 3. The average Bonchev–Trinajstić information content (AvgIpc) is 2.14. The van der Waals surface area contributed by atoms with Crippen LogP contribution in [0.15, 0.2) is 10.1 Å². The van der Waals surface area contributed by atoms with Gasteiger partial charge in [-0.3, -0.25) is 0 Å². The summed E-state index contributed by atoms with van der Waals surface area (Å²) in [6.45, 7) is 0. The third-order valence-corrected chi connectivity index (χ3v) is 1.32. The number of nitrogens with two attached hydrogens (primary N) is 1. The van der Waals surface area contributed by atoms with Gasteiger partial charge in [0.05, 0.1) is 11.3 Å². The molecule has 1 heterocycles. The summed E-state index contributed by atoms with van der Waals surface area (Å²) in [7, 11) is 0. The van der Waals surface area contributed by atoms with Gasteiger partial charge in [0, 0.05) is 0 Å². The van der Waals surface area contributed by atoms with Gasteiger partial charge >= 0.3 is 0 Å². The highest BCUT2D eigenvalue weighted by atomic mass is 32.2. The number of thioether (sulfide) groups is 1. The zero-order valence-corrected chi connectivity index (χ0v) is 4.48. The second-order valence-corrected chi connectivity index (χ2v) is 1.92. The lowest BCUT2D eigenvalue weighted by atomic mass is 10.7. The van der Waals surface area contributed by atoms with Crippen LogP contribution in [-0.2, 0) is 0 Å². The van der Waals surface area contributed by atoms with Crippen LogP contribution in [0, 0.1) is 0 Å². The van der Waals surface area contributed by atoms with E-state index >= 15 is 0 Å². The zero-order chi connectivity index (χ0) is 5.11. The normalized spacial score (nSPS) is 24.3. The summed E-state index contributed by atoms with van der Waals surface area (Å²) in [5.41, 5.74) is 1.74. The monoisotopic (exact) mass is 115 g/mol. The number of hydrazone groups is 1. The summed E-state index contributed by atoms with van der Waals surface area (Å²) >= 11 is 1.60. The Bertz CT molecular complexity index is 115. The summed E-state index contributed by atoms with van der Waals surface area (Å²) in [4.78, 5) is 3.82. The number of aliphatic imine (C=N–C) groups is 1. The van der Waals surface area contributed by atoms with E-state index in [1.165, 1.54) is 0 Å². The molecule has 7 heavy (non-hydrogen) atoms. The van der Waals surface area contributed by atoms with Crippen molar-refractivity contribution in [1.29, 1.82) is 0 Å². The van der Waals surface area contributed by atoms with Gasteiger partial charge in [-0.2, -0.15) is 5.10 Å². The lowest BCUT2D eigenvalue weighted by molar-refractivity contribution is 1.23. The summed E-state index contributed by atoms with van der Waals surface area (Å²) in [5, 5.41) is 3.39. The third-order valence-electron chi connectivity index (χ3n) is 0.638. The van der Waals surface area contributed by atoms with Crippen molar-refractivity contribution in [2.24, 2.45) is 15.9 Å². The Morgan fingerprint density at radius 3 is 3.14 bits per heavy atom. The number of hydrogen-bond donors (Lipinski definition) is 1. The Morgan fingerprint density at radius 1 is 2.00 bits per heavy atom. The van der Waals surface area contributed by atoms with E-state index in [-0.39, 0.29) is 0 Å². The predicted molar refractivity (Wildman–Crippen MR) is 32.6 cm³/mol. The molecule has 0 unspecified atom stereocenters. The first kappa shape index (κ1) is 4.64. The highest BCUT2D eigenvalue weighted by molar-refractivity contribution is 8.13. The molecule has 0 radical (unpaired) electrons. The van der Waals surface area contributed by atoms with Crippen molar-refractivity contribution in [3.8, 4) is 0 Å². The molecule has 0 atom stereocenters. The third kappa shape index (κ3) is 0.928. The summed E-state index contributed by atoms with van der Waals surface area (Å²) in [6.07, 6.45) is 0. The van der Waals surface area contributed by atoms with Crippen LogP contribution in [0.5, 0.6) is 0 Å². The molecule has 0 bridgehead atoms. The first-order valence-electron chi connectivity index (χ1n) is 1.84. The van der Waals surface area contributed by atoms with Gasteiger partial charge < -0.3 is 5.84 Å². The average molecular weight is 115 g/mol. The fourth-order valence-corrected chi connectivity index (χ4v) is 0.887. The molecule has 0 aromatic rings. The minimum Gasteiger partial charge on any atom is -0.321 e. The molecule has 3 nitrogen and oxygen atoms in total. The van der Waals surface area contributed by atoms with E-state index in [2.05, 4.69) is 10.1 Å². The predicted octanol–water partition coefficient (Wildman–Crippen LogP) is 0.0337. The second kappa shape index (κ2) is 1.97. The minimum absolute atomic E-state index is 0.727. The summed E-state index contributed by atoms with van der Waals surface area (Å²) in [6, 6.07) is 0. The van der Waals surface area contributed by atoms with Gasteiger partial charge in [-0.05, 0) is 0 Å². The molecule has 1 aliphatic heterocycles. The molecule has 0 saturated heterocycles. The molecular formula is C3H5N3S. The quantitative estimate of drug-likeness (QED) is 0.358. The number of rotatable bonds is 0. The standard InChI is InChI=1S/C3H5N3S/c4-6-3-1-7-2-5-3/h2H,1,4H2/b6-3+. The topological polar surface area (TPSA) is 50.7 Å². The maximum Gasteiger partial charge on any atom is 0.158 e. The zero-order valence-electron chi connectivity index (χ0n) is 3.66. The number of amidine groups is 1. The van der Waals surface area contributed by atoms with Gasteiger partial charge in [-0.25, -0.2) is 4.99 Å². The SMILES string of the molecule is N/N=C1\CSC=N1. The van der Waals surface area contributed by atoms with Crippen molar-refractivity contribution >= 4 is 23.1 Å². The van der Waals surface area contributed by atoms with Crippen LogP contribution in [-0.4, -0.2) is 17.1 Å². The molecule has 0 fully saturated rings. The molecule has 38 valence electrons. The smallest absolute Gasteiger partial charge is 0.158 e. The van der Waals surface area contributed by atoms with Crippen molar-refractivity contribution in [3.05, 3.63) is 0 Å². The second-order valence-electron chi connectivity index (χ2n) is 1.09. The Morgan fingerprint density at radius 2 is 2.86 bits per heavy atom. The Hall–Kier alpha value is -0.510. The molecule has 0 aromatic heterocycles. The molecule has 2 N–H and O–H groups in total. The maximum absolute atomic E-state index is 4.89. The van der Waals surface area contributed by atoms with E-state index in [4.69, 9.17) is 5.84 Å². The molecule has 0 aliphatic carbocycles. The fourth-order valence-electron chi connectivity index (χ4n) is 0.318. The van der Waals surface area contributed by atoms with Crippen molar-refractivity contribution in [1.82, 2.24) is 0 Å². The lowest BCUT2D eigenvalue weighted by Gasteiger charge is -1.80. The molecule has 0 amide bonds. The largest absolute Gasteiger partial charge is 0.321 e. The first-order chi connectivity index (χ1) is 3.43. The minimum atomic E-state index is 0.727. The highest BCUT2D eigenvalue weighted by Crippen LogP contribution is 2.03. The lowest BCUT2D eigenvalue weighted by Crippen LogP contribution is -1.95. The number of nitrogens with zero attached hydrogens (tertiary/aromatic N) is 2. The van der Waals surface area contributed by atoms with E-state index in [0.29, 0.717) is 0 Å². The Kier molecular flexibility index (Phi) is 1.31. The van der Waals surface area contributed by atoms with E-state index in [1.54, 1.807) is 17.3 Å². The molecule has 0 aromatic carbocycles. The van der Waals surface area contributed by atoms with E-state index < -0.39 is 0 Å². The van der Waals surface area contributed by atoms with Crippen LogP contribution in [0.4, 0.5) is 0 Å². The van der Waals surface area contributed by atoms with E-state index in [0.717, 1.165) is 11.6 Å². The summed E-state index contributed by atoms with van der Waals surface area (Å²) < 4.78 is 0. The van der Waals surface area contributed by atoms with Crippen LogP contribution in [0.2, 0.25) is 0 Å². The molecule has 1 rings (SSSR count). The van der Waals surface area contributed by atoms with Crippen LogP contribution >= 0.6 is 11.8 Å². The van der Waals surface area contributed by atoms with Gasteiger partial charge in [0.15, 0.2) is 5.84 Å². The molecule has 0 spiro atoms. The van der Waals surface area contributed by atoms with Gasteiger partial charge in [0.2, 0.25) is 0 Å². The van der Waals surface area contributed by atoms with Crippen LogP contribution < -0.4 is 5.84 Å². The Balaban J connectivity index is 2.59. The molecular weight excluding hydrogens is 110 g/mol. The van der Waals surface area contributed by atoms with E-state index in [1.807, 2.05) is 0 Å². The van der Waals surface area contributed by atoms with Crippen molar-refractivity contribution in [2.45, 2.75) is 0 Å². The molecule has 0 saturated carbocycles. The van der Waals surface area contributed by atoms with Crippen LogP contribution in [0.25, 0.3) is 0 Å². The van der Waals surface area contributed by atoms with Gasteiger partial charge in [0.1, 0.15) is 0 Å². The highest BCUT2D eigenvalue weighted by Gasteiger charge is 1.99. The van der Waals surface area contributed by atoms with Crippen molar-refractivity contribution < 1.29 is 0 Å². The Labute approximate surface area is 45.7 Å². The van der Waals surface area contributed by atoms with Crippen molar-refractivity contribution in [3.63, 3.8) is 0 Å². The fraction of sp³-hybridized carbons (Fsp3) is 0.333. The van der Waals surface area contributed by atoms with Crippen LogP contribution in [0.3, 0.4) is 0 Å². The van der Waals surface area contributed by atoms with Gasteiger partial charge in [0.25, 0.3) is 0 Å². The van der Waals surface area contributed by atoms with E-state index in [9.17, 15) is 0 Å². The van der Waals surface area contributed by atoms with Crippen molar-refractivity contribution in [2.75, 3.05) is 5.75 Å². The molecule has 4 heteroatoms. The van der Waals surface area contributed by atoms with Crippen LogP contribution in [0.1, 0.15) is 0 Å². The van der Waals surface area contributed by atoms with Gasteiger partial charge in [-0.15, -0.1) is 11.8 Å². The summed E-state index contributed by atoms with van der Waals surface area (Å²) in [5.74, 6) is 6.45. The first-order valence-corrected chi connectivity index (χ1v) is 2.89. The van der Waals surface area contributed by atoms with Gasteiger partial charge in [-0.1, -0.05) is 0 Å². The maximum atomic E-state index is 4.89.